The highest BCUT2D eigenvalue weighted by Crippen LogP contribution is 2.43. The van der Waals surface area contributed by atoms with Crippen LogP contribution >= 0.6 is 0 Å². The molecule has 32 heavy (non-hydrogen) atoms. The number of amides is 1. The SMILES string of the molecule is CC(C)CN1Cc2ccccc2-n2ccnc2C12CCN(C(=O)c1ccc(F)cc1)CC2. The van der Waals surface area contributed by atoms with Gasteiger partial charge in [-0.1, -0.05) is 32.0 Å². The van der Waals surface area contributed by atoms with Gasteiger partial charge in [-0.3, -0.25) is 9.69 Å². The second-order valence-electron chi connectivity index (χ2n) is 9.35. The van der Waals surface area contributed by atoms with E-state index < -0.39 is 0 Å². The van der Waals surface area contributed by atoms with Crippen molar-refractivity contribution in [1.82, 2.24) is 19.4 Å². The van der Waals surface area contributed by atoms with Crippen molar-refractivity contribution in [3.05, 3.63) is 83.7 Å². The molecule has 1 fully saturated rings. The lowest BCUT2D eigenvalue weighted by Crippen LogP contribution is -2.55. The van der Waals surface area contributed by atoms with Crippen LogP contribution in [0.25, 0.3) is 5.69 Å². The third-order valence-corrected chi connectivity index (χ3v) is 6.83. The Morgan fingerprint density at radius 1 is 1.09 bits per heavy atom. The molecule has 0 atom stereocenters. The molecule has 1 aromatic heterocycles. The van der Waals surface area contributed by atoms with Crippen LogP contribution in [-0.4, -0.2) is 44.9 Å². The molecular weight excluding hydrogens is 403 g/mol. The van der Waals surface area contributed by atoms with Crippen LogP contribution in [0, 0.1) is 11.7 Å². The zero-order chi connectivity index (χ0) is 22.3. The summed E-state index contributed by atoms with van der Waals surface area (Å²) in [6, 6.07) is 14.4. The summed E-state index contributed by atoms with van der Waals surface area (Å²) < 4.78 is 15.5. The Kier molecular flexibility index (Phi) is 5.33. The molecule has 0 aliphatic carbocycles. The van der Waals surface area contributed by atoms with E-state index in [2.05, 4.69) is 53.8 Å². The number of imidazole rings is 1. The minimum atomic E-state index is -0.326. The fourth-order valence-electron chi connectivity index (χ4n) is 5.29. The molecule has 166 valence electrons. The lowest BCUT2D eigenvalue weighted by Gasteiger charge is -2.48. The van der Waals surface area contributed by atoms with Gasteiger partial charge in [0, 0.05) is 44.1 Å². The van der Waals surface area contributed by atoms with E-state index >= 15 is 0 Å². The fraction of sp³-hybridized carbons (Fsp3) is 0.385. The van der Waals surface area contributed by atoms with Crippen LogP contribution in [-0.2, 0) is 12.1 Å². The first kappa shape index (κ1) is 20.9. The molecule has 5 nitrogen and oxygen atoms in total. The largest absolute Gasteiger partial charge is 0.338 e. The van der Waals surface area contributed by atoms with Gasteiger partial charge >= 0.3 is 0 Å². The monoisotopic (exact) mass is 432 g/mol. The van der Waals surface area contributed by atoms with Crippen molar-refractivity contribution in [3.63, 3.8) is 0 Å². The van der Waals surface area contributed by atoms with Gasteiger partial charge in [0.2, 0.25) is 0 Å². The average molecular weight is 433 g/mol. The van der Waals surface area contributed by atoms with Crippen molar-refractivity contribution in [1.29, 1.82) is 0 Å². The lowest BCUT2D eigenvalue weighted by atomic mass is 9.83. The highest BCUT2D eigenvalue weighted by molar-refractivity contribution is 5.94. The summed E-state index contributed by atoms with van der Waals surface area (Å²) in [4.78, 5) is 22.4. The molecular formula is C26H29FN4O. The van der Waals surface area contributed by atoms with Gasteiger partial charge < -0.3 is 9.47 Å². The maximum absolute atomic E-state index is 13.3. The minimum absolute atomic E-state index is 0.0319. The molecule has 6 heteroatoms. The first-order chi connectivity index (χ1) is 15.5. The first-order valence-electron chi connectivity index (χ1n) is 11.4. The van der Waals surface area contributed by atoms with Crippen molar-refractivity contribution in [2.75, 3.05) is 19.6 Å². The molecule has 3 aromatic rings. The Morgan fingerprint density at radius 2 is 1.81 bits per heavy atom. The summed E-state index contributed by atoms with van der Waals surface area (Å²) in [6.45, 7) is 7.63. The molecule has 0 bridgehead atoms. The van der Waals surface area contributed by atoms with Crippen LogP contribution in [0.5, 0.6) is 0 Å². The van der Waals surface area contributed by atoms with Gasteiger partial charge in [-0.25, -0.2) is 9.37 Å². The molecule has 0 saturated carbocycles. The summed E-state index contributed by atoms with van der Waals surface area (Å²) >= 11 is 0. The highest BCUT2D eigenvalue weighted by atomic mass is 19.1. The normalized spacial score (nSPS) is 17.8. The molecule has 3 heterocycles. The second-order valence-corrected chi connectivity index (χ2v) is 9.35. The quantitative estimate of drug-likeness (QED) is 0.607. The van der Waals surface area contributed by atoms with E-state index in [1.165, 1.54) is 23.4 Å². The van der Waals surface area contributed by atoms with Crippen LogP contribution in [0.2, 0.25) is 0 Å². The van der Waals surface area contributed by atoms with Gasteiger partial charge in [0.1, 0.15) is 11.6 Å². The van der Waals surface area contributed by atoms with Gasteiger partial charge in [-0.15, -0.1) is 0 Å². The van der Waals surface area contributed by atoms with Gasteiger partial charge in [-0.2, -0.15) is 0 Å². The number of rotatable bonds is 3. The van der Waals surface area contributed by atoms with Crippen LogP contribution < -0.4 is 0 Å². The fourth-order valence-corrected chi connectivity index (χ4v) is 5.29. The third-order valence-electron chi connectivity index (χ3n) is 6.83. The van der Waals surface area contributed by atoms with Crippen LogP contribution in [0.4, 0.5) is 4.39 Å². The molecule has 1 spiro atoms. The number of aromatic nitrogens is 2. The average Bonchev–Trinajstić information content (AvgIpc) is 3.26. The zero-order valence-electron chi connectivity index (χ0n) is 18.7. The van der Waals surface area contributed by atoms with Gasteiger partial charge in [0.25, 0.3) is 5.91 Å². The summed E-state index contributed by atoms with van der Waals surface area (Å²) in [5, 5.41) is 0. The number of carbonyl (C=O) groups excluding carboxylic acids is 1. The lowest BCUT2D eigenvalue weighted by molar-refractivity contribution is 0.000786. The number of benzene rings is 2. The molecule has 0 unspecified atom stereocenters. The summed E-state index contributed by atoms with van der Waals surface area (Å²) in [5.74, 6) is 1.22. The van der Waals surface area contributed by atoms with Crippen LogP contribution in [0.15, 0.2) is 60.9 Å². The van der Waals surface area contributed by atoms with E-state index in [0.29, 0.717) is 24.6 Å². The Bertz CT molecular complexity index is 1110. The molecule has 0 N–H and O–H groups in total. The topological polar surface area (TPSA) is 41.4 Å². The second kappa shape index (κ2) is 8.17. The van der Waals surface area contributed by atoms with E-state index in [9.17, 15) is 9.18 Å². The predicted octanol–water partition coefficient (Wildman–Crippen LogP) is 4.61. The van der Waals surface area contributed by atoms with Gasteiger partial charge in [-0.05, 0) is 54.7 Å². The predicted molar refractivity (Wildman–Crippen MR) is 122 cm³/mol. The first-order valence-corrected chi connectivity index (χ1v) is 11.4. The van der Waals surface area contributed by atoms with Crippen molar-refractivity contribution < 1.29 is 9.18 Å². The molecule has 0 radical (unpaired) electrons. The summed E-state index contributed by atoms with van der Waals surface area (Å²) in [7, 11) is 0. The number of carbonyl (C=O) groups is 1. The van der Waals surface area contributed by atoms with Crippen molar-refractivity contribution in [3.8, 4) is 5.69 Å². The van der Waals surface area contributed by atoms with Crippen molar-refractivity contribution in [2.45, 2.75) is 38.8 Å². The van der Waals surface area contributed by atoms with E-state index in [-0.39, 0.29) is 17.3 Å². The Hall–Kier alpha value is -2.99. The molecule has 2 aromatic carbocycles. The van der Waals surface area contributed by atoms with Crippen molar-refractivity contribution >= 4 is 5.91 Å². The number of nitrogens with zero attached hydrogens (tertiary/aromatic N) is 4. The Labute approximate surface area is 188 Å². The van der Waals surface area contributed by atoms with E-state index in [0.717, 1.165) is 31.8 Å². The van der Waals surface area contributed by atoms with E-state index in [4.69, 9.17) is 4.98 Å². The molecule has 1 amide bonds. The molecule has 2 aliphatic heterocycles. The number of halogens is 1. The third kappa shape index (κ3) is 3.52. The summed E-state index contributed by atoms with van der Waals surface area (Å²) in [6.07, 6.45) is 5.59. The number of likely N-dealkylation sites (tertiary alicyclic amines) is 1. The van der Waals surface area contributed by atoms with Crippen LogP contribution in [0.3, 0.4) is 0 Å². The summed E-state index contributed by atoms with van der Waals surface area (Å²) in [5.41, 5.74) is 2.80. The van der Waals surface area contributed by atoms with Crippen LogP contribution in [0.1, 0.15) is 48.4 Å². The molecule has 1 saturated heterocycles. The maximum Gasteiger partial charge on any atom is 0.253 e. The Balaban J connectivity index is 1.48. The van der Waals surface area contributed by atoms with E-state index in [1.807, 2.05) is 11.1 Å². The Morgan fingerprint density at radius 3 is 2.53 bits per heavy atom. The number of piperidine rings is 1. The standard InChI is InChI=1S/C26H29FN4O/c1-19(2)17-30-18-21-5-3-4-6-23(21)31-16-13-28-25(31)26(30)11-14-29(15-12-26)24(32)20-7-9-22(27)10-8-20/h3-10,13,16,19H,11-12,14-15,17-18H2,1-2H3. The number of fused-ring (bicyclic) bond motifs is 4. The highest BCUT2D eigenvalue weighted by Gasteiger charge is 2.47. The zero-order valence-corrected chi connectivity index (χ0v) is 18.7. The number of para-hydroxylation sites is 1. The maximum atomic E-state index is 13.3. The number of hydrogen-bond donors (Lipinski definition) is 0. The minimum Gasteiger partial charge on any atom is -0.338 e. The van der Waals surface area contributed by atoms with Gasteiger partial charge in [0.05, 0.1) is 11.2 Å². The number of hydrogen-bond acceptors (Lipinski definition) is 3. The van der Waals surface area contributed by atoms with Crippen molar-refractivity contribution in [2.24, 2.45) is 5.92 Å². The molecule has 5 rings (SSSR count). The van der Waals surface area contributed by atoms with E-state index in [1.54, 1.807) is 12.1 Å². The molecule has 2 aliphatic rings. The smallest absolute Gasteiger partial charge is 0.253 e. The van der Waals surface area contributed by atoms with Gasteiger partial charge in [0.15, 0.2) is 0 Å².